The first-order valence-electron chi connectivity index (χ1n) is 6.25. The van der Waals surface area contributed by atoms with Crippen molar-refractivity contribution in [1.29, 1.82) is 0 Å². The van der Waals surface area contributed by atoms with Crippen LogP contribution in [0.3, 0.4) is 0 Å². The van der Waals surface area contributed by atoms with Gasteiger partial charge in [0.15, 0.2) is 0 Å². The number of hydrogen-bond acceptors (Lipinski definition) is 2. The van der Waals surface area contributed by atoms with Crippen molar-refractivity contribution < 1.29 is 0 Å². The molecule has 0 aliphatic carbocycles. The monoisotopic (exact) mass is 198 g/mol. The summed E-state index contributed by atoms with van der Waals surface area (Å²) in [5, 5.41) is 3.67. The zero-order valence-corrected chi connectivity index (χ0v) is 9.89. The molecule has 1 heterocycles. The second-order valence-electron chi connectivity index (χ2n) is 4.59. The molecule has 1 N–H and O–H groups in total. The van der Waals surface area contributed by atoms with E-state index in [0.29, 0.717) is 0 Å². The van der Waals surface area contributed by atoms with E-state index in [2.05, 4.69) is 24.2 Å². The molecule has 0 amide bonds. The minimum atomic E-state index is 0.799. The van der Waals surface area contributed by atoms with E-state index in [0.717, 1.165) is 6.04 Å². The van der Waals surface area contributed by atoms with Gasteiger partial charge in [0.1, 0.15) is 0 Å². The third-order valence-electron chi connectivity index (χ3n) is 3.18. The van der Waals surface area contributed by atoms with Crippen molar-refractivity contribution in [3.63, 3.8) is 0 Å². The minimum Gasteiger partial charge on any atom is -0.314 e. The van der Waals surface area contributed by atoms with Crippen molar-refractivity contribution in [2.24, 2.45) is 0 Å². The Morgan fingerprint density at radius 3 is 2.50 bits per heavy atom. The molecule has 1 aliphatic heterocycles. The molecule has 0 atom stereocenters. The summed E-state index contributed by atoms with van der Waals surface area (Å²) < 4.78 is 0. The van der Waals surface area contributed by atoms with Gasteiger partial charge in [0.25, 0.3) is 0 Å². The van der Waals surface area contributed by atoms with Gasteiger partial charge in [0.05, 0.1) is 0 Å². The highest BCUT2D eigenvalue weighted by Gasteiger charge is 2.14. The van der Waals surface area contributed by atoms with Gasteiger partial charge in [0, 0.05) is 6.04 Å². The third kappa shape index (κ3) is 4.97. The number of nitrogens with one attached hydrogen (secondary N) is 1. The Morgan fingerprint density at radius 1 is 1.14 bits per heavy atom. The van der Waals surface area contributed by atoms with E-state index in [4.69, 9.17) is 0 Å². The lowest BCUT2D eigenvalue weighted by Crippen LogP contribution is -2.41. The average molecular weight is 198 g/mol. The molecule has 0 radical (unpaired) electrons. The van der Waals surface area contributed by atoms with Crippen LogP contribution in [-0.4, -0.2) is 37.6 Å². The van der Waals surface area contributed by atoms with Crippen LogP contribution in [0.2, 0.25) is 0 Å². The highest BCUT2D eigenvalue weighted by Crippen LogP contribution is 2.08. The summed E-state index contributed by atoms with van der Waals surface area (Å²) in [7, 11) is 2.22. The van der Waals surface area contributed by atoms with E-state index in [-0.39, 0.29) is 0 Å². The molecule has 84 valence electrons. The summed E-state index contributed by atoms with van der Waals surface area (Å²) in [5.41, 5.74) is 0. The second kappa shape index (κ2) is 7.24. The summed E-state index contributed by atoms with van der Waals surface area (Å²) >= 11 is 0. The Morgan fingerprint density at radius 2 is 1.86 bits per heavy atom. The van der Waals surface area contributed by atoms with Gasteiger partial charge in [-0.05, 0) is 45.9 Å². The van der Waals surface area contributed by atoms with E-state index < -0.39 is 0 Å². The molecule has 2 heteroatoms. The summed E-state index contributed by atoms with van der Waals surface area (Å²) in [6.07, 6.45) is 8.17. The highest BCUT2D eigenvalue weighted by atomic mass is 15.1. The number of rotatable bonds is 6. The Labute approximate surface area is 89.1 Å². The van der Waals surface area contributed by atoms with Crippen LogP contribution in [-0.2, 0) is 0 Å². The van der Waals surface area contributed by atoms with Crippen LogP contribution < -0.4 is 5.32 Å². The molecule has 0 bridgehead atoms. The quantitative estimate of drug-likeness (QED) is 0.659. The lowest BCUT2D eigenvalue weighted by molar-refractivity contribution is 0.234. The van der Waals surface area contributed by atoms with Crippen LogP contribution in [0.4, 0.5) is 0 Å². The summed E-state index contributed by atoms with van der Waals surface area (Å²) in [4.78, 5) is 2.43. The van der Waals surface area contributed by atoms with E-state index >= 15 is 0 Å². The van der Waals surface area contributed by atoms with Crippen molar-refractivity contribution in [2.75, 3.05) is 26.7 Å². The Kier molecular flexibility index (Phi) is 6.20. The van der Waals surface area contributed by atoms with E-state index in [1.165, 1.54) is 58.2 Å². The number of piperidine rings is 1. The largest absolute Gasteiger partial charge is 0.314 e. The van der Waals surface area contributed by atoms with Gasteiger partial charge in [-0.1, -0.05) is 26.2 Å². The topological polar surface area (TPSA) is 15.3 Å². The van der Waals surface area contributed by atoms with Gasteiger partial charge in [-0.2, -0.15) is 0 Å². The lowest BCUT2D eigenvalue weighted by Gasteiger charge is -2.29. The molecule has 0 unspecified atom stereocenters. The Balaban J connectivity index is 1.91. The molecule has 0 spiro atoms. The van der Waals surface area contributed by atoms with Crippen molar-refractivity contribution in [3.8, 4) is 0 Å². The molecule has 14 heavy (non-hydrogen) atoms. The lowest BCUT2D eigenvalue weighted by atomic mass is 10.1. The molecule has 1 fully saturated rings. The molecule has 0 aromatic rings. The predicted octanol–water partition coefficient (Wildman–Crippen LogP) is 2.25. The molecule has 1 saturated heterocycles. The molecule has 0 aromatic carbocycles. The Hall–Kier alpha value is -0.0800. The highest BCUT2D eigenvalue weighted by molar-refractivity contribution is 4.75. The fourth-order valence-corrected chi connectivity index (χ4v) is 2.07. The van der Waals surface area contributed by atoms with Gasteiger partial charge in [-0.3, -0.25) is 0 Å². The van der Waals surface area contributed by atoms with Gasteiger partial charge < -0.3 is 10.2 Å². The number of unbranched alkanes of at least 4 members (excludes halogenated alkanes) is 3. The molecule has 2 nitrogen and oxygen atoms in total. The normalized spacial score (nSPS) is 20.1. The van der Waals surface area contributed by atoms with E-state index in [1.54, 1.807) is 0 Å². The maximum absolute atomic E-state index is 3.67. The van der Waals surface area contributed by atoms with Crippen molar-refractivity contribution >= 4 is 0 Å². The fourth-order valence-electron chi connectivity index (χ4n) is 2.07. The van der Waals surface area contributed by atoms with Crippen LogP contribution in [0.25, 0.3) is 0 Å². The Bertz CT molecular complexity index is 128. The molecule has 0 saturated carbocycles. The predicted molar refractivity (Wildman–Crippen MR) is 62.7 cm³/mol. The smallest absolute Gasteiger partial charge is 0.00914 e. The first kappa shape index (κ1) is 12.0. The molecule has 0 aromatic heterocycles. The van der Waals surface area contributed by atoms with Crippen molar-refractivity contribution in [1.82, 2.24) is 10.2 Å². The third-order valence-corrected chi connectivity index (χ3v) is 3.18. The number of hydrogen-bond donors (Lipinski definition) is 1. The van der Waals surface area contributed by atoms with Crippen LogP contribution in [0, 0.1) is 0 Å². The molecular weight excluding hydrogens is 172 g/mol. The molecule has 1 aliphatic rings. The van der Waals surface area contributed by atoms with Crippen LogP contribution in [0.15, 0.2) is 0 Å². The SMILES string of the molecule is CCCCCCNC1CCN(C)CC1. The van der Waals surface area contributed by atoms with Gasteiger partial charge in [-0.25, -0.2) is 0 Å². The van der Waals surface area contributed by atoms with Gasteiger partial charge in [-0.15, -0.1) is 0 Å². The molecular formula is C12H26N2. The van der Waals surface area contributed by atoms with Gasteiger partial charge in [0.2, 0.25) is 0 Å². The van der Waals surface area contributed by atoms with E-state index in [1.807, 2.05) is 0 Å². The van der Waals surface area contributed by atoms with Crippen LogP contribution in [0.1, 0.15) is 45.4 Å². The van der Waals surface area contributed by atoms with Crippen molar-refractivity contribution in [2.45, 2.75) is 51.5 Å². The maximum atomic E-state index is 3.67. The molecule has 1 rings (SSSR count). The summed E-state index contributed by atoms with van der Waals surface area (Å²) in [6, 6.07) is 0.799. The first-order chi connectivity index (χ1) is 6.83. The number of likely N-dealkylation sites (tertiary alicyclic amines) is 1. The zero-order chi connectivity index (χ0) is 10.2. The zero-order valence-electron chi connectivity index (χ0n) is 9.89. The van der Waals surface area contributed by atoms with Crippen LogP contribution in [0.5, 0.6) is 0 Å². The maximum Gasteiger partial charge on any atom is 0.00914 e. The minimum absolute atomic E-state index is 0.799. The standard InChI is InChI=1S/C12H26N2/c1-3-4-5-6-9-13-12-7-10-14(2)11-8-12/h12-13H,3-11H2,1-2H3. The van der Waals surface area contributed by atoms with Crippen LogP contribution >= 0.6 is 0 Å². The van der Waals surface area contributed by atoms with Crippen molar-refractivity contribution in [3.05, 3.63) is 0 Å². The van der Waals surface area contributed by atoms with E-state index in [9.17, 15) is 0 Å². The summed E-state index contributed by atoms with van der Waals surface area (Å²) in [5.74, 6) is 0. The average Bonchev–Trinajstić information content (AvgIpc) is 2.21. The summed E-state index contributed by atoms with van der Waals surface area (Å²) in [6.45, 7) is 6.04. The fraction of sp³-hybridized carbons (Fsp3) is 1.00. The number of nitrogens with zero attached hydrogens (tertiary/aromatic N) is 1. The first-order valence-corrected chi connectivity index (χ1v) is 6.25. The van der Waals surface area contributed by atoms with Gasteiger partial charge >= 0.3 is 0 Å². The second-order valence-corrected chi connectivity index (χ2v) is 4.59.